The number of carbonyl (C=O) groups excluding carboxylic acids is 1. The van der Waals surface area contributed by atoms with Gasteiger partial charge in [-0.2, -0.15) is 9.98 Å². The maximum atomic E-state index is 13.4. The molecule has 9 heteroatoms. The lowest BCUT2D eigenvalue weighted by molar-refractivity contribution is -0.514. The summed E-state index contributed by atoms with van der Waals surface area (Å²) in [7, 11) is 0. The van der Waals surface area contributed by atoms with Crippen LogP contribution in [0, 0.1) is 12.3 Å². The van der Waals surface area contributed by atoms with Crippen LogP contribution in [0.15, 0.2) is 41.2 Å². The number of aryl methyl sites for hydroxylation is 1. The fourth-order valence-corrected chi connectivity index (χ4v) is 4.55. The number of anilines is 2. The smallest absolute Gasteiger partial charge is 0.321 e. The van der Waals surface area contributed by atoms with Crippen molar-refractivity contribution in [3.8, 4) is 0 Å². The van der Waals surface area contributed by atoms with Crippen molar-refractivity contribution in [1.82, 2.24) is 9.88 Å². The van der Waals surface area contributed by atoms with Crippen molar-refractivity contribution in [3.63, 3.8) is 0 Å². The third-order valence-corrected chi connectivity index (χ3v) is 6.37. The van der Waals surface area contributed by atoms with Crippen molar-refractivity contribution >= 4 is 45.9 Å². The number of rotatable bonds is 4. The fourth-order valence-electron chi connectivity index (χ4n) is 4.29. The van der Waals surface area contributed by atoms with Gasteiger partial charge in [-0.25, -0.2) is 0 Å². The van der Waals surface area contributed by atoms with Crippen LogP contribution in [0.1, 0.15) is 35.7 Å². The van der Waals surface area contributed by atoms with Gasteiger partial charge < -0.3 is 20.5 Å². The molecule has 2 heterocycles. The zero-order valence-electron chi connectivity index (χ0n) is 18.8. The predicted molar refractivity (Wildman–Crippen MR) is 132 cm³/mol. The second-order valence-corrected chi connectivity index (χ2v) is 8.69. The Hall–Kier alpha value is -3.39. The minimum atomic E-state index is -0.473. The molecule has 0 spiro atoms. The van der Waals surface area contributed by atoms with E-state index in [0.717, 1.165) is 17.7 Å². The summed E-state index contributed by atoms with van der Waals surface area (Å²) < 4.78 is 1.47. The lowest BCUT2D eigenvalue weighted by Crippen LogP contribution is -2.50. The number of fused-ring (bicyclic) bond motifs is 1. The SMILES string of the molecule is CCCC(=N)[n+]1c(N)c(=O)[nH]c2cc(C(=O)N3CCN(c4ccccc4Cl)CC3)c(C)cc21. The zero-order chi connectivity index (χ0) is 23.7. The zero-order valence-corrected chi connectivity index (χ0v) is 19.6. The number of piperazine rings is 1. The lowest BCUT2D eigenvalue weighted by atomic mass is 10.0. The van der Waals surface area contributed by atoms with Gasteiger partial charge >= 0.3 is 5.56 Å². The summed E-state index contributed by atoms with van der Waals surface area (Å²) in [5, 5.41) is 9.07. The molecular formula is C24H28ClN6O2+. The van der Waals surface area contributed by atoms with Crippen LogP contribution in [-0.4, -0.2) is 47.8 Å². The fraction of sp³-hybridized carbons (Fsp3) is 0.333. The van der Waals surface area contributed by atoms with Crippen molar-refractivity contribution in [2.75, 3.05) is 36.8 Å². The van der Waals surface area contributed by atoms with Gasteiger partial charge in [0.2, 0.25) is 5.84 Å². The van der Waals surface area contributed by atoms with E-state index < -0.39 is 5.56 Å². The van der Waals surface area contributed by atoms with Crippen LogP contribution in [0.25, 0.3) is 11.0 Å². The Balaban J connectivity index is 1.62. The Morgan fingerprint density at radius 2 is 1.91 bits per heavy atom. The van der Waals surface area contributed by atoms with Crippen LogP contribution in [0.4, 0.5) is 11.5 Å². The number of amides is 1. The highest BCUT2D eigenvalue weighted by Gasteiger charge is 2.26. The van der Waals surface area contributed by atoms with E-state index in [9.17, 15) is 9.59 Å². The molecule has 1 aliphatic rings. The number of carbonyl (C=O) groups is 1. The van der Waals surface area contributed by atoms with Gasteiger partial charge in [-0.1, -0.05) is 30.7 Å². The highest BCUT2D eigenvalue weighted by atomic mass is 35.5. The first-order valence-corrected chi connectivity index (χ1v) is 11.4. The van der Waals surface area contributed by atoms with Crippen LogP contribution in [-0.2, 0) is 0 Å². The number of benzene rings is 2. The molecule has 1 amide bonds. The van der Waals surface area contributed by atoms with E-state index in [1.165, 1.54) is 4.57 Å². The Morgan fingerprint density at radius 3 is 2.58 bits per heavy atom. The van der Waals surface area contributed by atoms with Crippen LogP contribution >= 0.6 is 11.6 Å². The number of hydrogen-bond donors (Lipinski definition) is 3. The number of halogens is 1. The van der Waals surface area contributed by atoms with E-state index >= 15 is 0 Å². The maximum absolute atomic E-state index is 13.4. The summed E-state index contributed by atoms with van der Waals surface area (Å²) in [4.78, 5) is 32.6. The van der Waals surface area contributed by atoms with Crippen molar-refractivity contribution in [2.45, 2.75) is 26.7 Å². The number of aromatic amines is 1. The quantitative estimate of drug-likeness (QED) is 0.311. The molecule has 4 N–H and O–H groups in total. The number of nitrogens with two attached hydrogens (primary N) is 1. The van der Waals surface area contributed by atoms with Crippen LogP contribution < -0.4 is 20.8 Å². The topological polar surface area (TPSA) is 110 Å². The summed E-state index contributed by atoms with van der Waals surface area (Å²) in [5.74, 6) is 0.136. The van der Waals surface area contributed by atoms with Crippen LogP contribution in [0.2, 0.25) is 5.02 Å². The number of H-pyrrole nitrogens is 1. The van der Waals surface area contributed by atoms with E-state index in [-0.39, 0.29) is 17.6 Å². The summed E-state index contributed by atoms with van der Waals surface area (Å²) in [6.07, 6.45) is 1.25. The number of nitrogens with zero attached hydrogens (tertiary/aromatic N) is 3. The first-order chi connectivity index (χ1) is 15.8. The van der Waals surface area contributed by atoms with Gasteiger partial charge in [-0.15, -0.1) is 0 Å². The van der Waals surface area contributed by atoms with Gasteiger partial charge in [0.05, 0.1) is 16.2 Å². The minimum absolute atomic E-state index is 0.0323. The molecule has 0 aliphatic carbocycles. The van der Waals surface area contributed by atoms with Gasteiger partial charge in [0.25, 0.3) is 11.7 Å². The van der Waals surface area contributed by atoms with Crippen LogP contribution in [0.5, 0.6) is 0 Å². The molecule has 8 nitrogen and oxygen atoms in total. The number of nitrogens with one attached hydrogen (secondary N) is 2. The van der Waals surface area contributed by atoms with Crippen molar-refractivity contribution in [3.05, 3.63) is 62.9 Å². The van der Waals surface area contributed by atoms with Crippen molar-refractivity contribution in [1.29, 1.82) is 5.41 Å². The van der Waals surface area contributed by atoms with Gasteiger partial charge in [-0.3, -0.25) is 9.59 Å². The van der Waals surface area contributed by atoms with Crippen molar-refractivity contribution < 1.29 is 9.36 Å². The van der Waals surface area contributed by atoms with E-state index in [4.69, 9.17) is 22.7 Å². The summed E-state index contributed by atoms with van der Waals surface area (Å²) in [5.41, 5.74) is 8.90. The second kappa shape index (κ2) is 9.23. The summed E-state index contributed by atoms with van der Waals surface area (Å²) in [6.45, 7) is 6.34. The van der Waals surface area contributed by atoms with Gasteiger partial charge in [0.15, 0.2) is 0 Å². The Morgan fingerprint density at radius 1 is 1.21 bits per heavy atom. The lowest BCUT2D eigenvalue weighted by Gasteiger charge is -2.36. The molecule has 33 heavy (non-hydrogen) atoms. The third kappa shape index (κ3) is 4.30. The largest absolute Gasteiger partial charge is 0.367 e. The third-order valence-electron chi connectivity index (χ3n) is 6.05. The van der Waals surface area contributed by atoms with E-state index in [2.05, 4.69) is 9.88 Å². The Kier molecular flexibility index (Phi) is 6.37. The molecule has 0 atom stereocenters. The standard InChI is InChI=1S/C24H27ClN6O2/c1-3-6-21(26)31-20-13-15(2)16(14-18(20)28-23(32)22(31)27)24(33)30-11-9-29(10-12-30)19-8-5-4-7-17(19)25/h4-5,7-8,13-14,26-27H,3,6,9-12H2,1-2H3,(H,28,32)/p+1. The number of para-hydroxylation sites is 1. The molecular weight excluding hydrogens is 440 g/mol. The molecule has 0 bridgehead atoms. The molecule has 1 aliphatic heterocycles. The molecule has 1 aromatic heterocycles. The predicted octanol–water partition coefficient (Wildman–Crippen LogP) is 2.95. The van der Waals surface area contributed by atoms with E-state index in [1.54, 1.807) is 6.07 Å². The molecule has 0 radical (unpaired) electrons. The normalized spacial score (nSPS) is 14.0. The first-order valence-electron chi connectivity index (χ1n) is 11.1. The van der Waals surface area contributed by atoms with Gasteiger partial charge in [0.1, 0.15) is 5.52 Å². The minimum Gasteiger partial charge on any atom is -0.367 e. The molecule has 4 rings (SSSR count). The average Bonchev–Trinajstić information content (AvgIpc) is 2.80. The molecule has 0 unspecified atom stereocenters. The molecule has 172 valence electrons. The summed E-state index contributed by atoms with van der Waals surface area (Å²) >= 11 is 6.33. The first kappa shape index (κ1) is 22.8. The van der Waals surface area contributed by atoms with Crippen LogP contribution in [0.3, 0.4) is 0 Å². The Bertz CT molecular complexity index is 1290. The second-order valence-electron chi connectivity index (χ2n) is 8.29. The molecule has 2 aromatic carbocycles. The highest BCUT2D eigenvalue weighted by Crippen LogP contribution is 2.26. The van der Waals surface area contributed by atoms with Crippen molar-refractivity contribution in [2.24, 2.45) is 0 Å². The number of nitrogen functional groups attached to an aromatic ring is 1. The molecule has 1 fully saturated rings. The van der Waals surface area contributed by atoms with Gasteiger partial charge in [-0.05, 0) is 43.2 Å². The number of aromatic nitrogens is 2. The average molecular weight is 468 g/mol. The van der Waals surface area contributed by atoms with Gasteiger partial charge in [0, 0.05) is 38.2 Å². The molecule has 3 aromatic rings. The maximum Gasteiger partial charge on any atom is 0.321 e. The molecule has 1 saturated heterocycles. The monoisotopic (exact) mass is 467 g/mol. The summed E-state index contributed by atoms with van der Waals surface area (Å²) in [6, 6.07) is 11.2. The highest BCUT2D eigenvalue weighted by molar-refractivity contribution is 6.33. The van der Waals surface area contributed by atoms with E-state index in [0.29, 0.717) is 54.2 Å². The molecule has 0 saturated carbocycles. The number of hydrogen-bond acceptors (Lipinski definition) is 5. The Labute approximate surface area is 197 Å². The van der Waals surface area contributed by atoms with E-state index in [1.807, 2.05) is 49.1 Å².